The van der Waals surface area contributed by atoms with Crippen LogP contribution < -0.4 is 11.1 Å². The van der Waals surface area contributed by atoms with Crippen molar-refractivity contribution in [3.63, 3.8) is 0 Å². The minimum absolute atomic E-state index is 0.306. The highest BCUT2D eigenvalue weighted by Gasteiger charge is 2.28. The molecule has 0 saturated heterocycles. The van der Waals surface area contributed by atoms with E-state index in [1.807, 2.05) is 12.1 Å². The molecular formula is C18H26N4. The minimum Gasteiger partial charge on any atom is -0.368 e. The lowest BCUT2D eigenvalue weighted by molar-refractivity contribution is 0.690. The number of nitrogens with one attached hydrogen (secondary N) is 1. The molecule has 0 spiro atoms. The summed E-state index contributed by atoms with van der Waals surface area (Å²) >= 11 is 0. The molecular weight excluding hydrogens is 272 g/mol. The van der Waals surface area contributed by atoms with Gasteiger partial charge in [-0.3, -0.25) is 0 Å². The molecule has 4 heteroatoms. The van der Waals surface area contributed by atoms with Crippen LogP contribution in [0.2, 0.25) is 0 Å². The summed E-state index contributed by atoms with van der Waals surface area (Å²) in [4.78, 5) is 8.69. The van der Waals surface area contributed by atoms with Gasteiger partial charge >= 0.3 is 0 Å². The van der Waals surface area contributed by atoms with E-state index in [-0.39, 0.29) is 0 Å². The number of hydrogen-bond acceptors (Lipinski definition) is 4. The summed E-state index contributed by atoms with van der Waals surface area (Å²) in [6.07, 6.45) is 6.39. The zero-order chi connectivity index (χ0) is 16.3. The van der Waals surface area contributed by atoms with Crippen molar-refractivity contribution in [3.05, 3.63) is 41.6 Å². The monoisotopic (exact) mass is 298 g/mol. The van der Waals surface area contributed by atoms with Crippen LogP contribution in [0.25, 0.3) is 5.57 Å². The molecule has 1 atom stereocenters. The van der Waals surface area contributed by atoms with Crippen molar-refractivity contribution >= 4 is 17.3 Å². The first-order valence-corrected chi connectivity index (χ1v) is 7.81. The molecule has 4 nitrogen and oxygen atoms in total. The van der Waals surface area contributed by atoms with Crippen LogP contribution in [0.4, 0.5) is 11.8 Å². The lowest BCUT2D eigenvalue weighted by atomic mass is 10.0. The average Bonchev–Trinajstić information content (AvgIpc) is 3.29. The van der Waals surface area contributed by atoms with Gasteiger partial charge in [-0.15, -0.1) is 0 Å². The molecule has 1 heterocycles. The Morgan fingerprint density at radius 3 is 2.64 bits per heavy atom. The molecule has 2 rings (SSSR count). The van der Waals surface area contributed by atoms with Gasteiger partial charge in [0.05, 0.1) is 5.69 Å². The van der Waals surface area contributed by atoms with Gasteiger partial charge in [-0.05, 0) is 63.2 Å². The van der Waals surface area contributed by atoms with Crippen molar-refractivity contribution in [2.75, 3.05) is 11.1 Å². The van der Waals surface area contributed by atoms with Gasteiger partial charge < -0.3 is 11.1 Å². The van der Waals surface area contributed by atoms with E-state index in [1.54, 1.807) is 6.08 Å². The summed E-state index contributed by atoms with van der Waals surface area (Å²) in [7, 11) is 0. The molecule has 1 aromatic rings. The van der Waals surface area contributed by atoms with Gasteiger partial charge in [0.15, 0.2) is 0 Å². The van der Waals surface area contributed by atoms with Crippen LogP contribution >= 0.6 is 0 Å². The molecule has 0 aromatic carbocycles. The maximum absolute atomic E-state index is 5.88. The Balaban J connectivity index is 2.30. The minimum atomic E-state index is 0.306. The second-order valence-corrected chi connectivity index (χ2v) is 6.10. The van der Waals surface area contributed by atoms with Crippen LogP contribution in [0.3, 0.4) is 0 Å². The SMILES string of the molecule is C=C/C=C(C)\C(C)=C(/C)c1cc(N[C@H](C)C2CC2)nc(N)n1. The summed E-state index contributed by atoms with van der Waals surface area (Å²) in [5.74, 6) is 1.87. The highest BCUT2D eigenvalue weighted by Crippen LogP contribution is 2.34. The maximum Gasteiger partial charge on any atom is 0.222 e. The van der Waals surface area contributed by atoms with E-state index in [4.69, 9.17) is 5.73 Å². The van der Waals surface area contributed by atoms with E-state index in [2.05, 4.69) is 49.6 Å². The average molecular weight is 298 g/mol. The zero-order valence-corrected chi connectivity index (χ0v) is 14.0. The fourth-order valence-electron chi connectivity index (χ4n) is 2.47. The molecule has 1 saturated carbocycles. The van der Waals surface area contributed by atoms with Gasteiger partial charge in [0, 0.05) is 12.1 Å². The standard InChI is InChI=1S/C18H26N4/c1-6-7-11(2)12(3)13(4)16-10-17(22-18(19)21-16)20-14(5)15-8-9-15/h6-7,10,14-15H,1,8-9H2,2-5H3,(H3,19,20,21,22)/b11-7-,13-12+/t14-/m1/s1. The van der Waals surface area contributed by atoms with Crippen LogP contribution in [0.15, 0.2) is 35.9 Å². The van der Waals surface area contributed by atoms with Crippen LogP contribution in [-0.4, -0.2) is 16.0 Å². The van der Waals surface area contributed by atoms with Gasteiger partial charge in [0.25, 0.3) is 0 Å². The molecule has 3 N–H and O–H groups in total. The highest BCUT2D eigenvalue weighted by molar-refractivity contribution is 5.70. The number of rotatable bonds is 6. The summed E-state index contributed by atoms with van der Waals surface area (Å²) in [5.41, 5.74) is 10.2. The van der Waals surface area contributed by atoms with E-state index in [9.17, 15) is 0 Å². The number of anilines is 2. The highest BCUT2D eigenvalue weighted by atomic mass is 15.1. The smallest absolute Gasteiger partial charge is 0.222 e. The van der Waals surface area contributed by atoms with Crippen molar-refractivity contribution in [3.8, 4) is 0 Å². The third-order valence-electron chi connectivity index (χ3n) is 4.35. The normalized spacial score (nSPS) is 17.7. The Morgan fingerprint density at radius 2 is 2.05 bits per heavy atom. The van der Waals surface area contributed by atoms with Gasteiger partial charge in [-0.25, -0.2) is 4.98 Å². The molecule has 1 aromatic heterocycles. The molecule has 1 aliphatic rings. The third kappa shape index (κ3) is 3.97. The summed E-state index contributed by atoms with van der Waals surface area (Å²) in [6, 6.07) is 2.41. The van der Waals surface area contributed by atoms with Crippen molar-refractivity contribution in [1.82, 2.24) is 9.97 Å². The molecule has 22 heavy (non-hydrogen) atoms. The Kier molecular flexibility index (Phi) is 5.01. The fourth-order valence-corrected chi connectivity index (χ4v) is 2.47. The largest absolute Gasteiger partial charge is 0.368 e. The number of allylic oxidation sites excluding steroid dienone is 5. The second kappa shape index (κ2) is 6.77. The van der Waals surface area contributed by atoms with Crippen molar-refractivity contribution < 1.29 is 0 Å². The molecule has 0 radical (unpaired) electrons. The Morgan fingerprint density at radius 1 is 1.36 bits per heavy atom. The van der Waals surface area contributed by atoms with Gasteiger partial charge in [0.1, 0.15) is 5.82 Å². The van der Waals surface area contributed by atoms with Gasteiger partial charge in [-0.2, -0.15) is 4.98 Å². The molecule has 0 aliphatic heterocycles. The lowest BCUT2D eigenvalue weighted by Gasteiger charge is -2.15. The predicted molar refractivity (Wildman–Crippen MR) is 94.5 cm³/mol. The molecule has 1 aliphatic carbocycles. The van der Waals surface area contributed by atoms with Crippen molar-refractivity contribution in [2.45, 2.75) is 46.6 Å². The van der Waals surface area contributed by atoms with E-state index < -0.39 is 0 Å². The zero-order valence-electron chi connectivity index (χ0n) is 14.0. The summed E-state index contributed by atoms with van der Waals surface area (Å²) < 4.78 is 0. The summed E-state index contributed by atoms with van der Waals surface area (Å²) in [5, 5.41) is 3.45. The second-order valence-electron chi connectivity index (χ2n) is 6.10. The van der Waals surface area contributed by atoms with Crippen LogP contribution in [0.5, 0.6) is 0 Å². The van der Waals surface area contributed by atoms with E-state index in [0.717, 1.165) is 23.0 Å². The van der Waals surface area contributed by atoms with Gasteiger partial charge in [-0.1, -0.05) is 18.7 Å². The number of nitrogen functional groups attached to an aromatic ring is 1. The maximum atomic E-state index is 5.88. The van der Waals surface area contributed by atoms with Gasteiger partial charge in [0.2, 0.25) is 5.95 Å². The molecule has 0 bridgehead atoms. The quantitative estimate of drug-likeness (QED) is 0.773. The van der Waals surface area contributed by atoms with Crippen LogP contribution in [-0.2, 0) is 0 Å². The Hall–Kier alpha value is -2.10. The first-order valence-electron chi connectivity index (χ1n) is 7.81. The molecule has 0 amide bonds. The Bertz CT molecular complexity index is 624. The first kappa shape index (κ1) is 16.3. The topological polar surface area (TPSA) is 63.8 Å². The lowest BCUT2D eigenvalue weighted by Crippen LogP contribution is -2.19. The summed E-state index contributed by atoms with van der Waals surface area (Å²) in [6.45, 7) is 12.2. The van der Waals surface area contributed by atoms with E-state index >= 15 is 0 Å². The molecule has 118 valence electrons. The number of nitrogens with zero attached hydrogens (tertiary/aromatic N) is 2. The van der Waals surface area contributed by atoms with Crippen molar-refractivity contribution in [2.24, 2.45) is 5.92 Å². The number of nitrogens with two attached hydrogens (primary N) is 1. The van der Waals surface area contributed by atoms with Crippen LogP contribution in [0, 0.1) is 5.92 Å². The van der Waals surface area contributed by atoms with E-state index in [1.165, 1.54) is 24.0 Å². The number of hydrogen-bond donors (Lipinski definition) is 2. The van der Waals surface area contributed by atoms with E-state index in [0.29, 0.717) is 12.0 Å². The Labute approximate surface area is 133 Å². The fraction of sp³-hybridized carbons (Fsp3) is 0.444. The number of aromatic nitrogens is 2. The first-order chi connectivity index (χ1) is 10.4. The van der Waals surface area contributed by atoms with Crippen molar-refractivity contribution in [1.29, 1.82) is 0 Å². The molecule has 1 fully saturated rings. The third-order valence-corrected chi connectivity index (χ3v) is 4.35. The van der Waals surface area contributed by atoms with Crippen LogP contribution in [0.1, 0.15) is 46.2 Å². The predicted octanol–water partition coefficient (Wildman–Crippen LogP) is 4.19. The molecule has 0 unspecified atom stereocenters.